The zero-order chi connectivity index (χ0) is 18.8. The van der Waals surface area contributed by atoms with Gasteiger partial charge in [-0.15, -0.1) is 0 Å². The molecule has 5 nitrogen and oxygen atoms in total. The Balaban J connectivity index is 1.50. The van der Waals surface area contributed by atoms with Gasteiger partial charge < -0.3 is 14.7 Å². The highest BCUT2D eigenvalue weighted by atomic mass is 16.6. The molecule has 0 unspecified atom stereocenters. The highest BCUT2D eigenvalue weighted by Crippen LogP contribution is 2.44. The van der Waals surface area contributed by atoms with Crippen LogP contribution in [0.4, 0.5) is 4.79 Å². The van der Waals surface area contributed by atoms with Gasteiger partial charge in [0.1, 0.15) is 6.61 Å². The number of carbonyl (C=O) groups excluding carboxylic acids is 1. The van der Waals surface area contributed by atoms with Crippen LogP contribution < -0.4 is 0 Å². The SMILES string of the molecule is O=C(O)C[C@@H]1CCCCN1C(=O)OCC1c2ccccc2-c2ccccc21. The van der Waals surface area contributed by atoms with Crippen molar-refractivity contribution in [3.05, 3.63) is 59.7 Å². The van der Waals surface area contributed by atoms with Crippen LogP contribution in [0.2, 0.25) is 0 Å². The Bertz CT molecular complexity index is 817. The molecule has 0 spiro atoms. The molecule has 1 saturated heterocycles. The predicted octanol–water partition coefficient (Wildman–Crippen LogP) is 4.26. The average Bonchev–Trinajstić information content (AvgIpc) is 3.00. The van der Waals surface area contributed by atoms with Crippen molar-refractivity contribution in [1.82, 2.24) is 4.90 Å². The Hall–Kier alpha value is -2.82. The molecule has 0 bridgehead atoms. The molecular weight excluding hydrogens is 342 g/mol. The summed E-state index contributed by atoms with van der Waals surface area (Å²) in [6.45, 7) is 0.831. The number of hydrogen-bond donors (Lipinski definition) is 1. The average molecular weight is 365 g/mol. The molecule has 1 atom stereocenters. The van der Waals surface area contributed by atoms with Crippen LogP contribution in [0.15, 0.2) is 48.5 Å². The van der Waals surface area contributed by atoms with E-state index in [0.717, 1.165) is 19.3 Å². The Morgan fingerprint density at radius 2 is 1.63 bits per heavy atom. The fourth-order valence-corrected chi connectivity index (χ4v) is 4.33. The van der Waals surface area contributed by atoms with Gasteiger partial charge in [-0.2, -0.15) is 0 Å². The maximum absolute atomic E-state index is 12.7. The third-order valence-electron chi connectivity index (χ3n) is 5.61. The van der Waals surface area contributed by atoms with Gasteiger partial charge in [-0.25, -0.2) is 4.79 Å². The highest BCUT2D eigenvalue weighted by Gasteiger charge is 2.32. The van der Waals surface area contributed by atoms with Gasteiger partial charge in [0.2, 0.25) is 0 Å². The van der Waals surface area contributed by atoms with Crippen molar-refractivity contribution in [2.24, 2.45) is 0 Å². The third-order valence-corrected chi connectivity index (χ3v) is 5.61. The van der Waals surface area contributed by atoms with Crippen LogP contribution in [0, 0.1) is 0 Å². The summed E-state index contributed by atoms with van der Waals surface area (Å²) >= 11 is 0. The second kappa shape index (κ2) is 7.43. The van der Waals surface area contributed by atoms with Crippen LogP contribution in [-0.4, -0.2) is 41.3 Å². The van der Waals surface area contributed by atoms with Gasteiger partial charge in [0, 0.05) is 18.5 Å². The minimum absolute atomic E-state index is 0.0177. The first-order valence-corrected chi connectivity index (χ1v) is 9.48. The molecule has 1 amide bonds. The molecule has 4 rings (SSSR count). The first-order chi connectivity index (χ1) is 13.1. The van der Waals surface area contributed by atoms with Gasteiger partial charge in [0.15, 0.2) is 0 Å². The number of nitrogens with zero attached hydrogens (tertiary/aromatic N) is 1. The predicted molar refractivity (Wildman–Crippen MR) is 102 cm³/mol. The zero-order valence-corrected chi connectivity index (χ0v) is 15.1. The lowest BCUT2D eigenvalue weighted by atomic mass is 9.98. The van der Waals surface area contributed by atoms with Gasteiger partial charge in [-0.05, 0) is 41.5 Å². The first kappa shape index (κ1) is 17.6. The largest absolute Gasteiger partial charge is 0.481 e. The topological polar surface area (TPSA) is 66.8 Å². The minimum Gasteiger partial charge on any atom is -0.481 e. The van der Waals surface area contributed by atoms with Crippen LogP contribution in [0.1, 0.15) is 42.7 Å². The molecular formula is C22H23NO4. The number of aliphatic carboxylic acids is 1. The molecule has 2 aliphatic rings. The second-order valence-electron chi connectivity index (χ2n) is 7.24. The standard InChI is InChI=1S/C22H23NO4/c24-21(25)13-15-7-5-6-12-23(15)22(26)27-14-20-18-10-3-1-8-16(18)17-9-2-4-11-19(17)20/h1-4,8-11,15,20H,5-7,12-14H2,(H,24,25)/t15-/m0/s1. The Labute approximate surface area is 158 Å². The van der Waals surface area contributed by atoms with Crippen LogP contribution in [0.25, 0.3) is 11.1 Å². The van der Waals surface area contributed by atoms with Crippen molar-refractivity contribution < 1.29 is 19.4 Å². The van der Waals surface area contributed by atoms with Crippen LogP contribution >= 0.6 is 0 Å². The lowest BCUT2D eigenvalue weighted by Gasteiger charge is -2.34. The first-order valence-electron chi connectivity index (χ1n) is 9.48. The molecule has 1 N–H and O–H groups in total. The molecule has 2 aromatic carbocycles. The lowest BCUT2D eigenvalue weighted by molar-refractivity contribution is -0.138. The summed E-state index contributed by atoms with van der Waals surface area (Å²) in [6.07, 6.45) is 2.13. The molecule has 140 valence electrons. The number of carbonyl (C=O) groups is 2. The monoisotopic (exact) mass is 365 g/mol. The number of carboxylic acid groups (broad SMARTS) is 1. The molecule has 1 aliphatic carbocycles. The van der Waals surface area contributed by atoms with Crippen molar-refractivity contribution >= 4 is 12.1 Å². The molecule has 27 heavy (non-hydrogen) atoms. The molecule has 1 aliphatic heterocycles. The number of likely N-dealkylation sites (tertiary alicyclic amines) is 1. The van der Waals surface area contributed by atoms with E-state index in [1.54, 1.807) is 4.90 Å². The van der Waals surface area contributed by atoms with Crippen LogP contribution in [0.3, 0.4) is 0 Å². The fraction of sp³-hybridized carbons (Fsp3) is 0.364. The quantitative estimate of drug-likeness (QED) is 0.879. The molecule has 0 saturated carbocycles. The number of hydrogen-bond acceptors (Lipinski definition) is 3. The van der Waals surface area contributed by atoms with E-state index in [0.29, 0.717) is 6.54 Å². The minimum atomic E-state index is -0.877. The van der Waals surface area contributed by atoms with Crippen molar-refractivity contribution in [3.63, 3.8) is 0 Å². The summed E-state index contributed by atoms with van der Waals surface area (Å²) < 4.78 is 5.69. The maximum atomic E-state index is 12.7. The van der Waals surface area contributed by atoms with Gasteiger partial charge in [0.05, 0.1) is 6.42 Å². The molecule has 0 aromatic heterocycles. The molecule has 5 heteroatoms. The van der Waals surface area contributed by atoms with Crippen molar-refractivity contribution in [3.8, 4) is 11.1 Å². The second-order valence-corrected chi connectivity index (χ2v) is 7.24. The van der Waals surface area contributed by atoms with E-state index < -0.39 is 12.1 Å². The number of rotatable bonds is 4. The normalized spacial score (nSPS) is 18.7. The summed E-state index contributed by atoms with van der Waals surface area (Å²) in [5, 5.41) is 9.11. The van der Waals surface area contributed by atoms with Crippen molar-refractivity contribution in [1.29, 1.82) is 0 Å². The van der Waals surface area contributed by atoms with Crippen LogP contribution in [-0.2, 0) is 9.53 Å². The third kappa shape index (κ3) is 3.42. The summed E-state index contributed by atoms with van der Waals surface area (Å²) in [5.41, 5.74) is 4.73. The summed E-state index contributed by atoms with van der Waals surface area (Å²) in [6, 6.07) is 16.2. The summed E-state index contributed by atoms with van der Waals surface area (Å²) in [5.74, 6) is -0.859. The molecule has 0 radical (unpaired) electrons. The smallest absolute Gasteiger partial charge is 0.410 e. The van der Waals surface area contributed by atoms with E-state index in [-0.39, 0.29) is 25.0 Å². The number of fused-ring (bicyclic) bond motifs is 3. The summed E-state index contributed by atoms with van der Waals surface area (Å²) in [4.78, 5) is 25.4. The number of ether oxygens (including phenoxy) is 1. The van der Waals surface area contributed by atoms with Gasteiger partial charge >= 0.3 is 12.1 Å². The summed E-state index contributed by atoms with van der Waals surface area (Å²) in [7, 11) is 0. The van der Waals surface area contributed by atoms with E-state index in [2.05, 4.69) is 24.3 Å². The molecule has 1 fully saturated rings. The Morgan fingerprint density at radius 1 is 1.00 bits per heavy atom. The maximum Gasteiger partial charge on any atom is 0.410 e. The number of carboxylic acids is 1. The molecule has 1 heterocycles. The lowest BCUT2D eigenvalue weighted by Crippen LogP contribution is -2.45. The Morgan fingerprint density at radius 3 is 2.26 bits per heavy atom. The number of piperidine rings is 1. The zero-order valence-electron chi connectivity index (χ0n) is 15.1. The van der Waals surface area contributed by atoms with Crippen LogP contribution in [0.5, 0.6) is 0 Å². The highest BCUT2D eigenvalue weighted by molar-refractivity contribution is 5.79. The van der Waals surface area contributed by atoms with E-state index in [4.69, 9.17) is 9.84 Å². The van der Waals surface area contributed by atoms with Gasteiger partial charge in [-0.1, -0.05) is 48.5 Å². The Kier molecular flexibility index (Phi) is 4.84. The van der Waals surface area contributed by atoms with E-state index >= 15 is 0 Å². The van der Waals surface area contributed by atoms with Crippen molar-refractivity contribution in [2.75, 3.05) is 13.2 Å². The number of amides is 1. The van der Waals surface area contributed by atoms with Crippen molar-refractivity contribution in [2.45, 2.75) is 37.6 Å². The van der Waals surface area contributed by atoms with Gasteiger partial charge in [0.25, 0.3) is 0 Å². The fourth-order valence-electron chi connectivity index (χ4n) is 4.33. The van der Waals surface area contributed by atoms with E-state index in [1.807, 2.05) is 24.3 Å². The molecule has 2 aromatic rings. The van der Waals surface area contributed by atoms with Gasteiger partial charge in [-0.3, -0.25) is 4.79 Å². The van der Waals surface area contributed by atoms with E-state index in [9.17, 15) is 9.59 Å². The number of benzene rings is 2. The van der Waals surface area contributed by atoms with E-state index in [1.165, 1.54) is 22.3 Å².